The molecule has 0 unspecified atom stereocenters. The molecule has 1 aliphatic heterocycles. The largest absolute Gasteiger partial charge is 0.444 e. The Morgan fingerprint density at radius 1 is 1.61 bits per heavy atom. The number of carbonyl (C=O) groups is 1. The minimum Gasteiger partial charge on any atom is -0.444 e. The molecule has 1 fully saturated rings. The van der Waals surface area contributed by atoms with Gasteiger partial charge < -0.3 is 9.47 Å². The molecule has 1 rings (SSSR count). The average Bonchev–Trinajstić information content (AvgIpc) is 2.60. The van der Waals surface area contributed by atoms with Crippen molar-refractivity contribution in [3.8, 4) is 0 Å². The van der Waals surface area contributed by atoms with Crippen LogP contribution in [-0.4, -0.2) is 48.6 Å². The number of nitrogens with zero attached hydrogens (tertiary/aromatic N) is 3. The second-order valence-electron chi connectivity index (χ2n) is 5.20. The van der Waals surface area contributed by atoms with Gasteiger partial charge in [-0.2, -0.15) is 15.9 Å². The highest BCUT2D eigenvalue weighted by atomic mass is 16.6. The molecule has 0 aromatic carbocycles. The van der Waals surface area contributed by atoms with Gasteiger partial charge in [0, 0.05) is 13.7 Å². The van der Waals surface area contributed by atoms with Crippen molar-refractivity contribution in [2.75, 3.05) is 20.3 Å². The van der Waals surface area contributed by atoms with E-state index in [4.69, 9.17) is 15.0 Å². The number of likely N-dealkylation sites (tertiary alicyclic amines) is 1. The summed E-state index contributed by atoms with van der Waals surface area (Å²) in [5.74, 6) is 0. The van der Waals surface area contributed by atoms with Crippen molar-refractivity contribution in [3.05, 3.63) is 5.53 Å². The molecule has 0 spiro atoms. The highest BCUT2D eigenvalue weighted by molar-refractivity contribution is 5.92. The predicted octanol–water partition coefficient (Wildman–Crippen LogP) is 0.100. The van der Waals surface area contributed by atoms with Crippen molar-refractivity contribution in [1.29, 1.82) is 0 Å². The summed E-state index contributed by atoms with van der Waals surface area (Å²) in [6.45, 7) is 6.18. The van der Waals surface area contributed by atoms with Crippen LogP contribution < -0.4 is 5.22 Å². The third-order valence-electron chi connectivity index (χ3n) is 2.46. The van der Waals surface area contributed by atoms with Crippen LogP contribution in [0.3, 0.4) is 0 Å². The minimum absolute atomic E-state index is 0.114. The number of nitrogens with one attached hydrogen (secondary N) is 1. The van der Waals surface area contributed by atoms with Gasteiger partial charge in [0.05, 0.1) is 12.6 Å². The first-order chi connectivity index (χ1) is 8.37. The first-order valence-electron chi connectivity index (χ1n) is 5.80. The molecule has 0 aliphatic carbocycles. The molecule has 1 saturated heterocycles. The molecule has 1 aliphatic rings. The Balaban J connectivity index is 2.74. The SMILES string of the molecule is COC[C@@H]1C/C(=N\[NH+]=[N-])CN1C(=O)OC(C)(C)C. The van der Waals surface area contributed by atoms with Gasteiger partial charge in [-0.1, -0.05) is 0 Å². The summed E-state index contributed by atoms with van der Waals surface area (Å²) in [6.07, 6.45) is 0.161. The van der Waals surface area contributed by atoms with Gasteiger partial charge in [-0.15, -0.1) is 0 Å². The van der Waals surface area contributed by atoms with Crippen LogP contribution in [-0.2, 0) is 9.47 Å². The van der Waals surface area contributed by atoms with Gasteiger partial charge in [-0.3, -0.25) is 4.90 Å². The van der Waals surface area contributed by atoms with E-state index in [9.17, 15) is 4.79 Å². The van der Waals surface area contributed by atoms with Crippen molar-refractivity contribution in [2.45, 2.75) is 38.8 Å². The zero-order chi connectivity index (χ0) is 13.8. The second kappa shape index (κ2) is 5.90. The average molecular weight is 256 g/mol. The number of amides is 1. The summed E-state index contributed by atoms with van der Waals surface area (Å²) < 4.78 is 10.4. The van der Waals surface area contributed by atoms with Crippen LogP contribution in [0.15, 0.2) is 5.10 Å². The first-order valence-corrected chi connectivity index (χ1v) is 5.80. The summed E-state index contributed by atoms with van der Waals surface area (Å²) >= 11 is 0. The fourth-order valence-corrected chi connectivity index (χ4v) is 1.80. The lowest BCUT2D eigenvalue weighted by molar-refractivity contribution is -0.486. The Hall–Kier alpha value is -1.50. The number of carbonyl (C=O) groups excluding carboxylic acids is 1. The molecule has 18 heavy (non-hydrogen) atoms. The third kappa shape index (κ3) is 4.06. The smallest absolute Gasteiger partial charge is 0.410 e. The van der Waals surface area contributed by atoms with Crippen LogP contribution >= 0.6 is 0 Å². The third-order valence-corrected chi connectivity index (χ3v) is 2.46. The highest BCUT2D eigenvalue weighted by Crippen LogP contribution is 2.19. The lowest BCUT2D eigenvalue weighted by Crippen LogP contribution is -2.55. The molecule has 102 valence electrons. The standard InChI is InChI=1S/C11H20N4O3/c1-11(2,3)18-10(16)15-6-8(13-14-12)5-9(15)7-17-4/h9,14H,5-7H2,1-4H3/b13-8+/t9-/m0/s1. The van der Waals surface area contributed by atoms with E-state index in [0.29, 0.717) is 25.3 Å². The number of hydrogen-bond donors (Lipinski definition) is 1. The maximum Gasteiger partial charge on any atom is 0.410 e. The van der Waals surface area contributed by atoms with Gasteiger partial charge in [-0.25, -0.2) is 4.79 Å². The van der Waals surface area contributed by atoms with E-state index in [1.54, 1.807) is 17.2 Å². The van der Waals surface area contributed by atoms with Crippen molar-refractivity contribution in [1.82, 2.24) is 4.90 Å². The summed E-state index contributed by atoms with van der Waals surface area (Å²) in [5, 5.41) is 5.45. The Labute approximate surface area is 107 Å². The van der Waals surface area contributed by atoms with Gasteiger partial charge in [0.15, 0.2) is 0 Å². The van der Waals surface area contributed by atoms with Crippen LogP contribution in [0.2, 0.25) is 0 Å². The molecule has 7 heteroatoms. The van der Waals surface area contributed by atoms with Crippen molar-refractivity contribution >= 4 is 11.8 Å². The maximum atomic E-state index is 12.0. The van der Waals surface area contributed by atoms with E-state index >= 15 is 0 Å². The van der Waals surface area contributed by atoms with Crippen LogP contribution in [0, 0.1) is 0 Å². The van der Waals surface area contributed by atoms with E-state index in [-0.39, 0.29) is 6.04 Å². The number of rotatable bonds is 3. The monoisotopic (exact) mass is 256 g/mol. The van der Waals surface area contributed by atoms with Crippen molar-refractivity contribution in [2.24, 2.45) is 5.10 Å². The molecule has 0 radical (unpaired) electrons. The van der Waals surface area contributed by atoms with Crippen LogP contribution in [0.4, 0.5) is 4.79 Å². The van der Waals surface area contributed by atoms with Crippen LogP contribution in [0.5, 0.6) is 0 Å². The summed E-state index contributed by atoms with van der Waals surface area (Å²) in [7, 11) is 1.58. The number of ether oxygens (including phenoxy) is 2. The molecule has 1 N–H and O–H groups in total. The highest BCUT2D eigenvalue weighted by Gasteiger charge is 2.34. The van der Waals surface area contributed by atoms with Crippen LogP contribution in [0.1, 0.15) is 27.2 Å². The number of hydrogen-bond acceptors (Lipinski definition) is 3. The lowest BCUT2D eigenvalue weighted by atomic mass is 10.2. The zero-order valence-electron chi connectivity index (χ0n) is 11.3. The molecule has 1 amide bonds. The Morgan fingerprint density at radius 2 is 2.28 bits per heavy atom. The van der Waals surface area contributed by atoms with Crippen molar-refractivity contribution in [3.63, 3.8) is 0 Å². The summed E-state index contributed by atoms with van der Waals surface area (Å²) in [5.41, 5.74) is 8.70. The fourth-order valence-electron chi connectivity index (χ4n) is 1.80. The predicted molar refractivity (Wildman–Crippen MR) is 65.0 cm³/mol. The fraction of sp³-hybridized carbons (Fsp3) is 0.818. The van der Waals surface area contributed by atoms with E-state index in [1.807, 2.05) is 20.8 Å². The minimum atomic E-state index is -0.538. The molecular weight excluding hydrogens is 236 g/mol. The van der Waals surface area contributed by atoms with E-state index in [1.165, 1.54) is 0 Å². The Kier molecular flexibility index (Phi) is 4.77. The quantitative estimate of drug-likeness (QED) is 0.574. The summed E-state index contributed by atoms with van der Waals surface area (Å²) in [4.78, 5) is 13.6. The molecule has 0 aromatic rings. The molecule has 0 saturated carbocycles. The molecule has 0 bridgehead atoms. The maximum absolute atomic E-state index is 12.0. The molecule has 1 atom stereocenters. The number of methoxy groups -OCH3 is 1. The summed E-state index contributed by atoms with van der Waals surface area (Å²) in [6, 6.07) is -0.114. The molecular formula is C11H20N4O3. The Bertz CT molecular complexity index is 349. The normalized spacial score (nSPS) is 22.3. The van der Waals surface area contributed by atoms with Crippen molar-refractivity contribution < 1.29 is 19.5 Å². The molecule has 1 heterocycles. The van der Waals surface area contributed by atoms with Gasteiger partial charge >= 0.3 is 6.09 Å². The van der Waals surface area contributed by atoms with Gasteiger partial charge in [0.2, 0.25) is 0 Å². The van der Waals surface area contributed by atoms with E-state index < -0.39 is 11.7 Å². The molecule has 0 aromatic heterocycles. The van der Waals surface area contributed by atoms with Crippen LogP contribution in [0.25, 0.3) is 5.53 Å². The Morgan fingerprint density at radius 3 is 2.78 bits per heavy atom. The van der Waals surface area contributed by atoms with Gasteiger partial charge in [0.1, 0.15) is 5.60 Å². The van der Waals surface area contributed by atoms with Gasteiger partial charge in [0.25, 0.3) is 0 Å². The number of hydrazone groups is 1. The zero-order valence-corrected chi connectivity index (χ0v) is 11.3. The molecule has 7 nitrogen and oxygen atoms in total. The first kappa shape index (κ1) is 14.6. The second-order valence-corrected chi connectivity index (χ2v) is 5.20. The van der Waals surface area contributed by atoms with E-state index in [2.05, 4.69) is 5.10 Å². The van der Waals surface area contributed by atoms with Gasteiger partial charge in [-0.05, 0) is 32.9 Å². The lowest BCUT2D eigenvalue weighted by Gasteiger charge is -2.27. The van der Waals surface area contributed by atoms with E-state index in [0.717, 1.165) is 0 Å². The topological polar surface area (TPSA) is 87.4 Å².